The summed E-state index contributed by atoms with van der Waals surface area (Å²) in [6.45, 7) is 12.7. The number of carbonyl (C=O) groups excluding carboxylic acids is 2. The molecule has 4 rings (SSSR count). The van der Waals surface area contributed by atoms with Crippen LogP contribution in [0.15, 0.2) is 36.9 Å². The van der Waals surface area contributed by atoms with Crippen LogP contribution in [0, 0.1) is 17.8 Å². The first-order chi connectivity index (χ1) is 18.3. The number of benzene rings is 1. The summed E-state index contributed by atoms with van der Waals surface area (Å²) < 4.78 is -0.764. The molecule has 0 aromatic heterocycles. The minimum atomic E-state index is -0.946. The standard InChI is InChI=1S/C29H41N3O5S/c1-5-15-31(21-13-11-20(12-14-21)30(6-2)7-3)27(35)25-29-19(4)18-22(38-29)23(28(36)37)24(29)26(34)32(25)16-9-8-10-17-33/h5,11-14,19,22-25,33H,1,6-10,15-18H2,2-4H3,(H,36,37)/t19?,22-,23+,24+,25?,29?/m1/s1. The number of carboxylic acid groups (broad SMARTS) is 1. The molecular weight excluding hydrogens is 502 g/mol. The molecule has 3 fully saturated rings. The van der Waals surface area contributed by atoms with Gasteiger partial charge in [0, 0.05) is 49.4 Å². The summed E-state index contributed by atoms with van der Waals surface area (Å²) in [5.74, 6) is -2.78. The van der Waals surface area contributed by atoms with E-state index in [9.17, 15) is 24.6 Å². The van der Waals surface area contributed by atoms with Crippen LogP contribution in [0.3, 0.4) is 0 Å². The minimum absolute atomic E-state index is 0.0362. The van der Waals surface area contributed by atoms with E-state index in [1.54, 1.807) is 27.6 Å². The van der Waals surface area contributed by atoms with Crippen LogP contribution in [-0.2, 0) is 14.4 Å². The Morgan fingerprint density at radius 2 is 1.82 bits per heavy atom. The van der Waals surface area contributed by atoms with Gasteiger partial charge in [-0.1, -0.05) is 13.0 Å². The third-order valence-electron chi connectivity index (χ3n) is 8.69. The maximum absolute atomic E-state index is 14.5. The van der Waals surface area contributed by atoms with Gasteiger partial charge in [-0.25, -0.2) is 0 Å². The summed E-state index contributed by atoms with van der Waals surface area (Å²) in [5, 5.41) is 19.2. The number of aliphatic carboxylic acids is 1. The van der Waals surface area contributed by atoms with Crippen LogP contribution < -0.4 is 9.80 Å². The SMILES string of the molecule is C=CCN(C(=O)C1N(CCCCCO)C(=O)[C@@H]2[C@@H](C(=O)O)[C@H]3CC(C)C12S3)c1ccc(N(CC)CC)cc1. The fraction of sp³-hybridized carbons (Fsp3) is 0.621. The van der Waals surface area contributed by atoms with Gasteiger partial charge in [-0.2, -0.15) is 0 Å². The number of likely N-dealkylation sites (tertiary alicyclic amines) is 1. The van der Waals surface area contributed by atoms with Crippen molar-refractivity contribution in [2.24, 2.45) is 17.8 Å². The lowest BCUT2D eigenvalue weighted by Crippen LogP contribution is -2.57. The zero-order chi connectivity index (χ0) is 27.6. The number of anilines is 2. The molecule has 2 bridgehead atoms. The highest BCUT2D eigenvalue weighted by atomic mass is 32.2. The summed E-state index contributed by atoms with van der Waals surface area (Å²) in [6.07, 6.45) is 4.39. The number of nitrogens with zero attached hydrogens (tertiary/aromatic N) is 3. The fourth-order valence-electron chi connectivity index (χ4n) is 6.92. The molecule has 3 aliphatic heterocycles. The maximum Gasteiger partial charge on any atom is 0.308 e. The molecule has 9 heteroatoms. The molecule has 0 radical (unpaired) electrons. The van der Waals surface area contributed by atoms with Crippen molar-refractivity contribution in [1.82, 2.24) is 4.90 Å². The van der Waals surface area contributed by atoms with E-state index in [2.05, 4.69) is 32.3 Å². The Morgan fingerprint density at radius 3 is 2.39 bits per heavy atom. The van der Waals surface area contributed by atoms with Crippen LogP contribution in [0.25, 0.3) is 0 Å². The van der Waals surface area contributed by atoms with Gasteiger partial charge in [0.25, 0.3) is 5.91 Å². The molecule has 0 aliphatic carbocycles. The van der Waals surface area contributed by atoms with Crippen molar-refractivity contribution < 1.29 is 24.6 Å². The van der Waals surface area contributed by atoms with Crippen LogP contribution in [0.1, 0.15) is 46.5 Å². The van der Waals surface area contributed by atoms with Crippen molar-refractivity contribution in [3.8, 4) is 0 Å². The normalized spacial score (nSPS) is 29.4. The van der Waals surface area contributed by atoms with Crippen molar-refractivity contribution in [2.45, 2.75) is 62.5 Å². The molecule has 3 saturated heterocycles. The summed E-state index contributed by atoms with van der Waals surface area (Å²) in [7, 11) is 0. The molecule has 3 heterocycles. The van der Waals surface area contributed by atoms with Gasteiger partial charge < -0.3 is 24.9 Å². The molecule has 208 valence electrons. The Morgan fingerprint density at radius 1 is 1.16 bits per heavy atom. The molecule has 2 amide bonds. The van der Waals surface area contributed by atoms with Gasteiger partial charge in [0.05, 0.1) is 16.6 Å². The molecule has 3 unspecified atom stereocenters. The lowest BCUT2D eigenvalue weighted by Gasteiger charge is -2.40. The largest absolute Gasteiger partial charge is 0.481 e. The molecule has 1 aromatic carbocycles. The van der Waals surface area contributed by atoms with Gasteiger partial charge in [-0.05, 0) is 69.7 Å². The number of hydrogen-bond acceptors (Lipinski definition) is 6. The van der Waals surface area contributed by atoms with Gasteiger partial charge in [-0.15, -0.1) is 18.3 Å². The van der Waals surface area contributed by atoms with Crippen molar-refractivity contribution >= 4 is 40.9 Å². The van der Waals surface area contributed by atoms with Crippen molar-refractivity contribution in [1.29, 1.82) is 0 Å². The number of aliphatic hydroxyl groups is 1. The monoisotopic (exact) mass is 543 g/mol. The smallest absolute Gasteiger partial charge is 0.308 e. The second kappa shape index (κ2) is 11.7. The molecule has 1 spiro atoms. The summed E-state index contributed by atoms with van der Waals surface area (Å²) in [5.41, 5.74) is 1.81. The van der Waals surface area contributed by atoms with Crippen molar-refractivity contribution in [2.75, 3.05) is 42.6 Å². The average Bonchev–Trinajstić information content (AvgIpc) is 3.50. The predicted octanol–water partition coefficient (Wildman–Crippen LogP) is 3.64. The molecule has 1 aromatic rings. The molecule has 0 saturated carbocycles. The molecule has 8 nitrogen and oxygen atoms in total. The highest BCUT2D eigenvalue weighted by molar-refractivity contribution is 8.02. The highest BCUT2D eigenvalue weighted by Crippen LogP contribution is 2.68. The van der Waals surface area contributed by atoms with E-state index in [1.807, 2.05) is 24.3 Å². The van der Waals surface area contributed by atoms with E-state index in [0.717, 1.165) is 30.9 Å². The Labute approximate surface area is 230 Å². The van der Waals surface area contributed by atoms with Crippen LogP contribution in [0.4, 0.5) is 11.4 Å². The minimum Gasteiger partial charge on any atom is -0.481 e. The fourth-order valence-corrected chi connectivity index (χ4v) is 9.33. The number of thioether (sulfide) groups is 1. The summed E-state index contributed by atoms with van der Waals surface area (Å²) in [6, 6.07) is 7.16. The number of carbonyl (C=O) groups is 3. The predicted molar refractivity (Wildman–Crippen MR) is 151 cm³/mol. The number of aliphatic hydroxyl groups excluding tert-OH is 1. The number of carboxylic acids is 1. The Bertz CT molecular complexity index is 1050. The summed E-state index contributed by atoms with van der Waals surface area (Å²) in [4.78, 5) is 46.4. The van der Waals surface area contributed by atoms with E-state index in [0.29, 0.717) is 25.8 Å². The lowest BCUT2D eigenvalue weighted by atomic mass is 9.66. The first-order valence-corrected chi connectivity index (χ1v) is 14.7. The van der Waals surface area contributed by atoms with E-state index in [-0.39, 0.29) is 36.1 Å². The number of rotatable bonds is 13. The molecule has 3 aliphatic rings. The molecule has 6 atom stereocenters. The van der Waals surface area contributed by atoms with Crippen LogP contribution in [0.2, 0.25) is 0 Å². The Hall–Kier alpha value is -2.52. The highest BCUT2D eigenvalue weighted by Gasteiger charge is 2.76. The van der Waals surface area contributed by atoms with Gasteiger partial charge in [0.1, 0.15) is 6.04 Å². The first-order valence-electron chi connectivity index (χ1n) is 13.9. The van der Waals surface area contributed by atoms with Gasteiger partial charge >= 0.3 is 5.97 Å². The van der Waals surface area contributed by atoms with Crippen molar-refractivity contribution in [3.05, 3.63) is 36.9 Å². The quantitative estimate of drug-likeness (QED) is 0.289. The van der Waals surface area contributed by atoms with Crippen molar-refractivity contribution in [3.63, 3.8) is 0 Å². The number of hydrogen-bond donors (Lipinski definition) is 2. The van der Waals surface area contributed by atoms with Gasteiger partial charge in [0.2, 0.25) is 5.91 Å². The Balaban J connectivity index is 1.73. The molecular formula is C29H41N3O5S. The van der Waals surface area contributed by atoms with E-state index >= 15 is 0 Å². The lowest BCUT2D eigenvalue weighted by molar-refractivity contribution is -0.149. The topological polar surface area (TPSA) is 101 Å². The zero-order valence-corrected chi connectivity index (χ0v) is 23.5. The maximum atomic E-state index is 14.5. The zero-order valence-electron chi connectivity index (χ0n) is 22.7. The Kier molecular flexibility index (Phi) is 8.77. The first kappa shape index (κ1) is 28.5. The second-order valence-electron chi connectivity index (χ2n) is 10.6. The van der Waals surface area contributed by atoms with E-state index < -0.39 is 28.6 Å². The van der Waals surface area contributed by atoms with Crippen LogP contribution >= 0.6 is 11.8 Å². The van der Waals surface area contributed by atoms with Gasteiger partial charge in [-0.3, -0.25) is 14.4 Å². The van der Waals surface area contributed by atoms with E-state index in [4.69, 9.17) is 0 Å². The third-order valence-corrected chi connectivity index (χ3v) is 10.8. The number of fused-ring (bicyclic) bond motifs is 1. The molecule has 38 heavy (non-hydrogen) atoms. The van der Waals surface area contributed by atoms with Crippen LogP contribution in [0.5, 0.6) is 0 Å². The number of amides is 2. The third kappa shape index (κ3) is 4.62. The molecule has 2 N–H and O–H groups in total. The summed E-state index contributed by atoms with van der Waals surface area (Å²) >= 11 is 1.56. The number of unbranched alkanes of at least 4 members (excludes halogenated alkanes) is 2. The van der Waals surface area contributed by atoms with Gasteiger partial charge in [0.15, 0.2) is 0 Å². The average molecular weight is 544 g/mol. The second-order valence-corrected chi connectivity index (χ2v) is 12.2. The van der Waals surface area contributed by atoms with E-state index in [1.165, 1.54) is 0 Å². The van der Waals surface area contributed by atoms with Crippen LogP contribution in [-0.4, -0.2) is 81.7 Å².